The molecule has 1 aromatic carbocycles. The normalized spacial score (nSPS) is 16.8. The number of carbonyl (C=O) groups is 1. The molecule has 128 valence electrons. The lowest BCUT2D eigenvalue weighted by Gasteiger charge is -2.32. The smallest absolute Gasteiger partial charge is 0.273 e. The zero-order valence-corrected chi connectivity index (χ0v) is 14.1. The van der Waals surface area contributed by atoms with Crippen molar-refractivity contribution in [3.8, 4) is 11.5 Å². The summed E-state index contributed by atoms with van der Waals surface area (Å²) in [7, 11) is 0. The highest BCUT2D eigenvalue weighted by atomic mass is 16.5. The van der Waals surface area contributed by atoms with Crippen molar-refractivity contribution in [3.05, 3.63) is 41.8 Å². The second-order valence-electron chi connectivity index (χ2n) is 6.00. The number of carbonyl (C=O) groups excluding carboxylic acids is 1. The van der Waals surface area contributed by atoms with Crippen LogP contribution < -0.4 is 5.32 Å². The lowest BCUT2D eigenvalue weighted by atomic mass is 10.2. The molecule has 0 radical (unpaired) electrons. The van der Waals surface area contributed by atoms with Gasteiger partial charge in [-0.15, -0.1) is 0 Å². The van der Waals surface area contributed by atoms with Crippen molar-refractivity contribution in [3.63, 3.8) is 0 Å². The van der Waals surface area contributed by atoms with Gasteiger partial charge in [0.1, 0.15) is 5.76 Å². The predicted molar refractivity (Wildman–Crippen MR) is 90.9 cm³/mol. The number of aromatic nitrogens is 1. The van der Waals surface area contributed by atoms with Crippen molar-refractivity contribution >= 4 is 5.91 Å². The van der Waals surface area contributed by atoms with Crippen molar-refractivity contribution in [1.82, 2.24) is 15.2 Å². The molecule has 1 aliphatic heterocycles. The Morgan fingerprint density at radius 1 is 1.29 bits per heavy atom. The molecular formula is C18H23N3O3. The van der Waals surface area contributed by atoms with Gasteiger partial charge in [0.2, 0.25) is 5.89 Å². The molecule has 2 heterocycles. The number of hydrogen-bond donors (Lipinski definition) is 1. The van der Waals surface area contributed by atoms with Gasteiger partial charge in [-0.2, -0.15) is 0 Å². The van der Waals surface area contributed by atoms with E-state index < -0.39 is 0 Å². The van der Waals surface area contributed by atoms with Gasteiger partial charge in [-0.3, -0.25) is 9.69 Å². The molecule has 0 spiro atoms. The van der Waals surface area contributed by atoms with E-state index in [9.17, 15) is 4.79 Å². The largest absolute Gasteiger partial charge is 0.441 e. The SMILES string of the molecule is Cc1oc(-c2ccccc2)nc1C(=O)NC[C@@H](C)N1CCOCC1. The summed E-state index contributed by atoms with van der Waals surface area (Å²) < 4.78 is 11.0. The van der Waals surface area contributed by atoms with E-state index >= 15 is 0 Å². The Hall–Kier alpha value is -2.18. The van der Waals surface area contributed by atoms with E-state index in [1.165, 1.54) is 0 Å². The monoisotopic (exact) mass is 329 g/mol. The molecule has 1 aromatic heterocycles. The average molecular weight is 329 g/mol. The summed E-state index contributed by atoms with van der Waals surface area (Å²) in [6.07, 6.45) is 0. The molecule has 1 aliphatic rings. The molecule has 1 amide bonds. The molecule has 1 fully saturated rings. The number of oxazole rings is 1. The van der Waals surface area contributed by atoms with Crippen LogP contribution in [0.25, 0.3) is 11.5 Å². The maximum Gasteiger partial charge on any atom is 0.273 e. The lowest BCUT2D eigenvalue weighted by Crippen LogP contribution is -2.47. The van der Waals surface area contributed by atoms with Gasteiger partial charge in [0.25, 0.3) is 5.91 Å². The fourth-order valence-corrected chi connectivity index (χ4v) is 2.78. The molecular weight excluding hydrogens is 306 g/mol. The van der Waals surface area contributed by atoms with Crippen LogP contribution in [0.5, 0.6) is 0 Å². The Morgan fingerprint density at radius 3 is 2.71 bits per heavy atom. The number of benzene rings is 1. The van der Waals surface area contributed by atoms with E-state index in [2.05, 4.69) is 22.1 Å². The van der Waals surface area contributed by atoms with Gasteiger partial charge < -0.3 is 14.5 Å². The Kier molecular flexibility index (Phi) is 5.27. The van der Waals surface area contributed by atoms with Crippen LogP contribution in [-0.2, 0) is 4.74 Å². The highest BCUT2D eigenvalue weighted by Gasteiger charge is 2.21. The third-order valence-electron chi connectivity index (χ3n) is 4.26. The molecule has 2 aromatic rings. The topological polar surface area (TPSA) is 67.6 Å². The molecule has 1 saturated heterocycles. The average Bonchev–Trinajstić information content (AvgIpc) is 3.03. The first-order chi connectivity index (χ1) is 11.6. The number of amides is 1. The Labute approximate surface area is 141 Å². The van der Waals surface area contributed by atoms with E-state index in [1.54, 1.807) is 6.92 Å². The molecule has 3 rings (SSSR count). The summed E-state index contributed by atoms with van der Waals surface area (Å²) in [6, 6.07) is 9.84. The van der Waals surface area contributed by atoms with Crippen molar-refractivity contribution in [2.24, 2.45) is 0 Å². The minimum atomic E-state index is -0.196. The molecule has 1 N–H and O–H groups in total. The maximum atomic E-state index is 12.4. The summed E-state index contributed by atoms with van der Waals surface area (Å²) in [5.74, 6) is 0.809. The molecule has 6 nitrogen and oxygen atoms in total. The number of hydrogen-bond acceptors (Lipinski definition) is 5. The van der Waals surface area contributed by atoms with E-state index in [-0.39, 0.29) is 11.9 Å². The highest BCUT2D eigenvalue weighted by molar-refractivity contribution is 5.93. The summed E-state index contributed by atoms with van der Waals surface area (Å²) in [4.78, 5) is 19.1. The second-order valence-corrected chi connectivity index (χ2v) is 6.00. The van der Waals surface area contributed by atoms with Crippen molar-refractivity contribution in [1.29, 1.82) is 0 Å². The number of nitrogens with zero attached hydrogens (tertiary/aromatic N) is 2. The summed E-state index contributed by atoms with van der Waals surface area (Å²) in [6.45, 7) is 7.75. The van der Waals surface area contributed by atoms with Gasteiger partial charge in [0.15, 0.2) is 5.69 Å². The van der Waals surface area contributed by atoms with Gasteiger partial charge in [-0.05, 0) is 26.0 Å². The second kappa shape index (κ2) is 7.59. The quantitative estimate of drug-likeness (QED) is 0.910. The first kappa shape index (κ1) is 16.7. The van der Waals surface area contributed by atoms with Crippen LogP contribution in [0, 0.1) is 6.92 Å². The van der Waals surface area contributed by atoms with Crippen LogP contribution in [0.4, 0.5) is 0 Å². The summed E-state index contributed by atoms with van der Waals surface area (Å²) in [5.41, 5.74) is 1.21. The van der Waals surface area contributed by atoms with Gasteiger partial charge in [-0.1, -0.05) is 18.2 Å². The maximum absolute atomic E-state index is 12.4. The van der Waals surface area contributed by atoms with Crippen LogP contribution in [0.3, 0.4) is 0 Å². The number of nitrogens with one attached hydrogen (secondary N) is 1. The fourth-order valence-electron chi connectivity index (χ4n) is 2.78. The standard InChI is InChI=1S/C18H23N3O3/c1-13(21-8-10-23-11-9-21)12-19-17(22)16-14(2)24-18(20-16)15-6-4-3-5-7-15/h3-7,13H,8-12H2,1-2H3,(H,19,22)/t13-/m1/s1. The van der Waals surface area contributed by atoms with E-state index in [0.29, 0.717) is 23.9 Å². The van der Waals surface area contributed by atoms with Gasteiger partial charge in [-0.25, -0.2) is 4.98 Å². The van der Waals surface area contributed by atoms with Crippen LogP contribution in [0.2, 0.25) is 0 Å². The van der Waals surface area contributed by atoms with E-state index in [1.807, 2.05) is 30.3 Å². The van der Waals surface area contributed by atoms with Crippen molar-refractivity contribution in [2.45, 2.75) is 19.9 Å². The lowest BCUT2D eigenvalue weighted by molar-refractivity contribution is 0.0204. The molecule has 0 saturated carbocycles. The van der Waals surface area contributed by atoms with Gasteiger partial charge in [0.05, 0.1) is 13.2 Å². The first-order valence-electron chi connectivity index (χ1n) is 8.28. The molecule has 0 unspecified atom stereocenters. The van der Waals surface area contributed by atoms with Crippen LogP contribution in [0.15, 0.2) is 34.7 Å². The van der Waals surface area contributed by atoms with Crippen LogP contribution in [-0.4, -0.2) is 54.7 Å². The van der Waals surface area contributed by atoms with E-state index in [4.69, 9.17) is 9.15 Å². The minimum Gasteiger partial charge on any atom is -0.441 e. The molecule has 0 aliphatic carbocycles. The van der Waals surface area contributed by atoms with Gasteiger partial charge >= 0.3 is 0 Å². The highest BCUT2D eigenvalue weighted by Crippen LogP contribution is 2.21. The number of aryl methyl sites for hydroxylation is 1. The predicted octanol–water partition coefficient (Wildman–Crippen LogP) is 2.10. The molecule has 0 bridgehead atoms. The zero-order chi connectivity index (χ0) is 16.9. The summed E-state index contributed by atoms with van der Waals surface area (Å²) in [5, 5.41) is 2.96. The Morgan fingerprint density at radius 2 is 2.00 bits per heavy atom. The zero-order valence-electron chi connectivity index (χ0n) is 14.1. The third-order valence-corrected chi connectivity index (χ3v) is 4.26. The number of morpholine rings is 1. The third kappa shape index (κ3) is 3.83. The van der Waals surface area contributed by atoms with Gasteiger partial charge in [0, 0.05) is 31.2 Å². The molecule has 24 heavy (non-hydrogen) atoms. The van der Waals surface area contributed by atoms with Crippen molar-refractivity contribution in [2.75, 3.05) is 32.8 Å². The van der Waals surface area contributed by atoms with Crippen LogP contribution >= 0.6 is 0 Å². The van der Waals surface area contributed by atoms with E-state index in [0.717, 1.165) is 31.9 Å². The Balaban J connectivity index is 1.62. The number of ether oxygens (including phenoxy) is 1. The molecule has 6 heteroatoms. The Bertz CT molecular complexity index is 678. The minimum absolute atomic E-state index is 0.196. The molecule has 1 atom stereocenters. The summed E-state index contributed by atoms with van der Waals surface area (Å²) >= 11 is 0. The number of rotatable bonds is 5. The van der Waals surface area contributed by atoms with Crippen LogP contribution in [0.1, 0.15) is 23.2 Å². The first-order valence-corrected chi connectivity index (χ1v) is 8.28. The van der Waals surface area contributed by atoms with Crippen molar-refractivity contribution < 1.29 is 13.9 Å². The fraction of sp³-hybridized carbons (Fsp3) is 0.444.